The van der Waals surface area contributed by atoms with Gasteiger partial charge in [0, 0.05) is 30.6 Å². The van der Waals surface area contributed by atoms with Crippen molar-refractivity contribution in [3.8, 4) is 11.5 Å². The van der Waals surface area contributed by atoms with Gasteiger partial charge in [0.15, 0.2) is 11.5 Å². The summed E-state index contributed by atoms with van der Waals surface area (Å²) in [5, 5.41) is 3.46. The molecule has 0 aromatic heterocycles. The molecule has 2 amide bonds. The highest BCUT2D eigenvalue weighted by Crippen LogP contribution is 2.36. The van der Waals surface area contributed by atoms with Crippen molar-refractivity contribution < 1.29 is 27.5 Å². The highest BCUT2D eigenvalue weighted by molar-refractivity contribution is 7.92. The monoisotopic (exact) mass is 675 g/mol. The molecule has 5 rings (SSSR count). The smallest absolute Gasteiger partial charge is 0.264 e. The number of sulfonamides is 1. The molecule has 1 N–H and O–H groups in total. The maximum absolute atomic E-state index is 14.6. The van der Waals surface area contributed by atoms with Crippen molar-refractivity contribution in [2.24, 2.45) is 5.92 Å². The summed E-state index contributed by atoms with van der Waals surface area (Å²) in [6, 6.07) is 28.2. The number of fused-ring (bicyclic) bond motifs is 1. The zero-order valence-electron chi connectivity index (χ0n) is 26.3. The Bertz CT molecular complexity index is 1790. The minimum Gasteiger partial charge on any atom is -0.486 e. The number of rotatable bonds is 13. The highest BCUT2D eigenvalue weighted by atomic mass is 35.5. The van der Waals surface area contributed by atoms with E-state index in [1.54, 1.807) is 54.6 Å². The Balaban J connectivity index is 1.58. The second-order valence-corrected chi connectivity index (χ2v) is 13.9. The van der Waals surface area contributed by atoms with Crippen LogP contribution in [0.4, 0.5) is 5.69 Å². The fourth-order valence-electron chi connectivity index (χ4n) is 5.24. The molecule has 0 fully saturated rings. The van der Waals surface area contributed by atoms with Gasteiger partial charge in [0.2, 0.25) is 11.8 Å². The maximum Gasteiger partial charge on any atom is 0.264 e. The quantitative estimate of drug-likeness (QED) is 0.194. The van der Waals surface area contributed by atoms with Gasteiger partial charge < -0.3 is 19.7 Å². The zero-order chi connectivity index (χ0) is 33.4. The molecule has 0 radical (unpaired) electrons. The molecule has 0 spiro atoms. The number of hydrogen-bond donors (Lipinski definition) is 1. The largest absolute Gasteiger partial charge is 0.486 e. The first-order chi connectivity index (χ1) is 22.6. The topological polar surface area (TPSA) is 105 Å². The van der Waals surface area contributed by atoms with E-state index in [2.05, 4.69) is 5.32 Å². The molecule has 0 saturated carbocycles. The van der Waals surface area contributed by atoms with Gasteiger partial charge in [-0.15, -0.1) is 0 Å². The summed E-state index contributed by atoms with van der Waals surface area (Å²) in [4.78, 5) is 30.0. The van der Waals surface area contributed by atoms with E-state index < -0.39 is 28.5 Å². The average Bonchev–Trinajstić information content (AvgIpc) is 3.08. The number of ether oxygens (including phenoxy) is 2. The molecule has 1 aliphatic rings. The number of amides is 2. The van der Waals surface area contributed by atoms with Crippen molar-refractivity contribution in [3.05, 3.63) is 119 Å². The Morgan fingerprint density at radius 1 is 0.830 bits per heavy atom. The van der Waals surface area contributed by atoms with E-state index >= 15 is 0 Å². The highest BCUT2D eigenvalue weighted by Gasteiger charge is 2.35. The SMILES string of the molecule is CC(C)CNC(=O)[C@H](Cc1ccccc1)N(Cc1cccc(Cl)c1)C(=O)CN(c1ccc2c(c1)OCCO2)S(=O)(=O)c1ccccc1. The Labute approximate surface area is 281 Å². The van der Waals surface area contributed by atoms with Crippen LogP contribution in [-0.4, -0.2) is 57.5 Å². The minimum atomic E-state index is -4.25. The molecule has 1 aliphatic heterocycles. The van der Waals surface area contributed by atoms with Crippen LogP contribution in [-0.2, 0) is 32.6 Å². The van der Waals surface area contributed by atoms with Gasteiger partial charge in [-0.2, -0.15) is 0 Å². The summed E-state index contributed by atoms with van der Waals surface area (Å²) in [5.74, 6) is 0.126. The molecular weight excluding hydrogens is 638 g/mol. The lowest BCUT2D eigenvalue weighted by Crippen LogP contribution is -2.53. The Morgan fingerprint density at radius 3 is 2.17 bits per heavy atom. The number of carbonyl (C=O) groups excluding carboxylic acids is 2. The van der Waals surface area contributed by atoms with E-state index in [4.69, 9.17) is 21.1 Å². The molecule has 0 bridgehead atoms. The normalized spacial score (nSPS) is 13.1. The van der Waals surface area contributed by atoms with Crippen LogP contribution in [0.5, 0.6) is 11.5 Å². The second-order valence-electron chi connectivity index (χ2n) is 11.6. The minimum absolute atomic E-state index is 0.0135. The third-order valence-electron chi connectivity index (χ3n) is 7.62. The van der Waals surface area contributed by atoms with Gasteiger partial charge in [0.05, 0.1) is 10.6 Å². The van der Waals surface area contributed by atoms with Gasteiger partial charge >= 0.3 is 0 Å². The zero-order valence-corrected chi connectivity index (χ0v) is 27.9. The third kappa shape index (κ3) is 8.64. The van der Waals surface area contributed by atoms with E-state index in [1.807, 2.05) is 50.2 Å². The second kappa shape index (κ2) is 15.4. The Hall–Kier alpha value is -4.54. The lowest BCUT2D eigenvalue weighted by Gasteiger charge is -2.34. The maximum atomic E-state index is 14.6. The van der Waals surface area contributed by atoms with Crippen molar-refractivity contribution in [3.63, 3.8) is 0 Å². The van der Waals surface area contributed by atoms with Crippen molar-refractivity contribution in [1.82, 2.24) is 10.2 Å². The van der Waals surface area contributed by atoms with E-state index in [0.717, 1.165) is 9.87 Å². The number of anilines is 1. The summed E-state index contributed by atoms with van der Waals surface area (Å²) in [6.07, 6.45) is 0.215. The van der Waals surface area contributed by atoms with Crippen molar-refractivity contribution in [2.75, 3.05) is 30.6 Å². The number of halogens is 1. The molecule has 4 aromatic rings. The first-order valence-corrected chi connectivity index (χ1v) is 17.3. The molecule has 0 aliphatic carbocycles. The molecule has 4 aromatic carbocycles. The Kier molecular flexibility index (Phi) is 11.1. The first kappa shape index (κ1) is 33.8. The lowest BCUT2D eigenvalue weighted by atomic mass is 10.0. The summed E-state index contributed by atoms with van der Waals surface area (Å²) >= 11 is 6.32. The number of nitrogens with one attached hydrogen (secondary N) is 1. The summed E-state index contributed by atoms with van der Waals surface area (Å²) in [5.41, 5.74) is 1.76. The van der Waals surface area contributed by atoms with Crippen molar-refractivity contribution >= 4 is 39.1 Å². The molecule has 1 atom stereocenters. The lowest BCUT2D eigenvalue weighted by molar-refractivity contribution is -0.140. The summed E-state index contributed by atoms with van der Waals surface area (Å²) < 4.78 is 40.9. The number of carbonyl (C=O) groups is 2. The van der Waals surface area contributed by atoms with Crippen molar-refractivity contribution in [2.45, 2.75) is 37.8 Å². The summed E-state index contributed by atoms with van der Waals surface area (Å²) in [6.45, 7) is 4.50. The van der Waals surface area contributed by atoms with Gasteiger partial charge in [-0.25, -0.2) is 8.42 Å². The molecule has 0 saturated heterocycles. The molecule has 0 unspecified atom stereocenters. The van der Waals surface area contributed by atoms with Gasteiger partial charge in [-0.1, -0.05) is 86.1 Å². The fraction of sp³-hybridized carbons (Fsp3) is 0.278. The standard InChI is InChI=1S/C36H38ClN3O6S/c1-26(2)23-38-36(42)32(21-27-10-5-3-6-11-27)39(24-28-12-9-13-29(37)20-28)35(41)25-40(47(43,44)31-14-7-4-8-15-31)30-16-17-33-34(22-30)46-19-18-45-33/h3-17,20,22,26,32H,18-19,21,23-25H2,1-2H3,(H,38,42)/t32-/m0/s1. The van der Waals surface area contributed by atoms with Crippen LogP contribution in [0.2, 0.25) is 5.02 Å². The number of hydrogen-bond acceptors (Lipinski definition) is 6. The molecular formula is C36H38ClN3O6S. The predicted octanol–water partition coefficient (Wildman–Crippen LogP) is 5.72. The molecule has 11 heteroatoms. The van der Waals surface area contributed by atoms with Gasteiger partial charge in [0.1, 0.15) is 25.8 Å². The number of benzene rings is 4. The van der Waals surface area contributed by atoms with Gasteiger partial charge in [-0.05, 0) is 53.4 Å². The van der Waals surface area contributed by atoms with Gasteiger partial charge in [-0.3, -0.25) is 13.9 Å². The van der Waals surface area contributed by atoms with E-state index in [9.17, 15) is 18.0 Å². The van der Waals surface area contributed by atoms with E-state index in [-0.39, 0.29) is 35.4 Å². The van der Waals surface area contributed by atoms with Crippen LogP contribution in [0.3, 0.4) is 0 Å². The van der Waals surface area contributed by atoms with Crippen LogP contribution >= 0.6 is 11.6 Å². The fourth-order valence-corrected chi connectivity index (χ4v) is 6.88. The molecule has 246 valence electrons. The predicted molar refractivity (Wildman–Crippen MR) is 182 cm³/mol. The average molecular weight is 676 g/mol. The van der Waals surface area contributed by atoms with Gasteiger partial charge in [0.25, 0.3) is 10.0 Å². The van der Waals surface area contributed by atoms with Crippen LogP contribution < -0.4 is 19.1 Å². The Morgan fingerprint density at radius 2 is 1.49 bits per heavy atom. The number of nitrogens with zero attached hydrogens (tertiary/aromatic N) is 2. The van der Waals surface area contributed by atoms with Crippen LogP contribution in [0, 0.1) is 5.92 Å². The summed E-state index contributed by atoms with van der Waals surface area (Å²) in [7, 11) is -4.25. The van der Waals surface area contributed by atoms with Crippen LogP contribution in [0.15, 0.2) is 108 Å². The van der Waals surface area contributed by atoms with Crippen LogP contribution in [0.25, 0.3) is 0 Å². The molecule has 47 heavy (non-hydrogen) atoms. The van der Waals surface area contributed by atoms with Crippen LogP contribution in [0.1, 0.15) is 25.0 Å². The first-order valence-electron chi connectivity index (χ1n) is 15.4. The molecule has 9 nitrogen and oxygen atoms in total. The third-order valence-corrected chi connectivity index (χ3v) is 9.64. The van der Waals surface area contributed by atoms with E-state index in [1.165, 1.54) is 17.0 Å². The van der Waals surface area contributed by atoms with E-state index in [0.29, 0.717) is 41.8 Å². The van der Waals surface area contributed by atoms with Crippen molar-refractivity contribution in [1.29, 1.82) is 0 Å². The molecule has 1 heterocycles.